The van der Waals surface area contributed by atoms with Crippen molar-refractivity contribution in [2.24, 2.45) is 0 Å². The van der Waals surface area contributed by atoms with Crippen LogP contribution in [0.15, 0.2) is 42.5 Å². The fraction of sp³-hybridized carbons (Fsp3) is 0.353. The van der Waals surface area contributed by atoms with Crippen molar-refractivity contribution in [2.75, 3.05) is 35.7 Å². The Balaban J connectivity index is 1.68. The van der Waals surface area contributed by atoms with Gasteiger partial charge >= 0.3 is 0 Å². The van der Waals surface area contributed by atoms with E-state index in [0.717, 1.165) is 17.3 Å². The van der Waals surface area contributed by atoms with Crippen molar-refractivity contribution in [1.82, 2.24) is 4.98 Å². The molecule has 3 rings (SSSR count). The number of hydrogen-bond donors (Lipinski definition) is 2. The summed E-state index contributed by atoms with van der Waals surface area (Å²) in [6.07, 6.45) is 3.98. The Morgan fingerprint density at radius 3 is 2.33 bits per heavy atom. The average Bonchev–Trinajstić information content (AvgIpc) is 2.56. The van der Waals surface area contributed by atoms with E-state index in [1.54, 1.807) is 0 Å². The zero-order valence-electron chi connectivity index (χ0n) is 12.5. The van der Waals surface area contributed by atoms with Gasteiger partial charge in [0.05, 0.1) is 0 Å². The molecule has 0 unspecified atom stereocenters. The predicted octanol–water partition coefficient (Wildman–Crippen LogP) is 3.86. The van der Waals surface area contributed by atoms with Gasteiger partial charge < -0.3 is 15.5 Å². The first-order valence-electron chi connectivity index (χ1n) is 7.62. The zero-order valence-corrected chi connectivity index (χ0v) is 12.5. The first-order chi connectivity index (χ1) is 10.3. The molecule has 0 aliphatic carbocycles. The molecule has 110 valence electrons. The normalized spacial score (nSPS) is 14.8. The Hall–Kier alpha value is -2.23. The number of hydrogen-bond acceptors (Lipinski definition) is 4. The van der Waals surface area contributed by atoms with Crippen LogP contribution in [0.25, 0.3) is 0 Å². The third kappa shape index (κ3) is 3.45. The highest BCUT2D eigenvalue weighted by atomic mass is 15.1. The number of nitrogens with one attached hydrogen (secondary N) is 2. The van der Waals surface area contributed by atoms with Gasteiger partial charge in [-0.15, -0.1) is 0 Å². The molecule has 21 heavy (non-hydrogen) atoms. The summed E-state index contributed by atoms with van der Waals surface area (Å²) in [6, 6.07) is 14.5. The number of rotatable bonds is 4. The Bertz CT molecular complexity index is 574. The third-order valence-corrected chi connectivity index (χ3v) is 3.87. The Kier molecular flexibility index (Phi) is 4.24. The molecule has 4 nitrogen and oxygen atoms in total. The SMILES string of the molecule is CNc1cccc(Nc2ccc(N3CCCCC3)cc2)n1. The van der Waals surface area contributed by atoms with Crippen LogP contribution in [-0.2, 0) is 0 Å². The molecule has 1 fully saturated rings. The molecule has 0 spiro atoms. The van der Waals surface area contributed by atoms with E-state index in [0.29, 0.717) is 0 Å². The van der Waals surface area contributed by atoms with Crippen LogP contribution in [0.1, 0.15) is 19.3 Å². The maximum Gasteiger partial charge on any atom is 0.132 e. The van der Waals surface area contributed by atoms with Gasteiger partial charge in [-0.05, 0) is 55.7 Å². The Morgan fingerprint density at radius 1 is 0.905 bits per heavy atom. The molecule has 2 N–H and O–H groups in total. The smallest absolute Gasteiger partial charge is 0.132 e. The van der Waals surface area contributed by atoms with Gasteiger partial charge in [-0.1, -0.05) is 6.07 Å². The van der Waals surface area contributed by atoms with E-state index < -0.39 is 0 Å². The van der Waals surface area contributed by atoms with Gasteiger partial charge in [-0.3, -0.25) is 0 Å². The lowest BCUT2D eigenvalue weighted by Gasteiger charge is -2.28. The summed E-state index contributed by atoms with van der Waals surface area (Å²) in [5.41, 5.74) is 2.38. The lowest BCUT2D eigenvalue weighted by molar-refractivity contribution is 0.578. The van der Waals surface area contributed by atoms with E-state index in [-0.39, 0.29) is 0 Å². The molecule has 0 amide bonds. The van der Waals surface area contributed by atoms with Crippen LogP contribution in [0, 0.1) is 0 Å². The summed E-state index contributed by atoms with van der Waals surface area (Å²) < 4.78 is 0. The Morgan fingerprint density at radius 2 is 1.62 bits per heavy atom. The third-order valence-electron chi connectivity index (χ3n) is 3.87. The maximum absolute atomic E-state index is 4.47. The van der Waals surface area contributed by atoms with E-state index in [1.165, 1.54) is 38.0 Å². The highest BCUT2D eigenvalue weighted by Crippen LogP contribution is 2.23. The van der Waals surface area contributed by atoms with Crippen LogP contribution >= 0.6 is 0 Å². The monoisotopic (exact) mass is 282 g/mol. The van der Waals surface area contributed by atoms with Crippen molar-refractivity contribution in [3.05, 3.63) is 42.5 Å². The number of anilines is 4. The summed E-state index contributed by atoms with van der Waals surface area (Å²) in [4.78, 5) is 6.93. The lowest BCUT2D eigenvalue weighted by Crippen LogP contribution is -2.29. The Labute approximate surface area is 126 Å². The summed E-state index contributed by atoms with van der Waals surface area (Å²) in [7, 11) is 1.87. The highest BCUT2D eigenvalue weighted by Gasteiger charge is 2.10. The van der Waals surface area contributed by atoms with Gasteiger partial charge in [0.1, 0.15) is 11.6 Å². The standard InChI is InChI=1S/C17H22N4/c1-18-16-6-5-7-17(20-16)19-14-8-10-15(11-9-14)21-12-3-2-4-13-21/h5-11H,2-4,12-13H2,1H3,(H2,18,19,20). The summed E-state index contributed by atoms with van der Waals surface area (Å²) in [5.74, 6) is 1.72. The molecule has 4 heteroatoms. The molecule has 0 atom stereocenters. The molecule has 1 aliphatic rings. The fourth-order valence-corrected chi connectivity index (χ4v) is 2.70. The van der Waals surface area contributed by atoms with Gasteiger partial charge in [-0.2, -0.15) is 0 Å². The number of pyridine rings is 1. The lowest BCUT2D eigenvalue weighted by atomic mass is 10.1. The van der Waals surface area contributed by atoms with Gasteiger partial charge in [-0.25, -0.2) is 4.98 Å². The molecule has 0 radical (unpaired) electrons. The van der Waals surface area contributed by atoms with E-state index in [2.05, 4.69) is 44.8 Å². The van der Waals surface area contributed by atoms with E-state index in [1.807, 2.05) is 25.2 Å². The second kappa shape index (κ2) is 6.48. The maximum atomic E-state index is 4.47. The molecule has 0 bridgehead atoms. The molecule has 1 aromatic heterocycles. The largest absolute Gasteiger partial charge is 0.373 e. The van der Waals surface area contributed by atoms with Crippen LogP contribution in [-0.4, -0.2) is 25.1 Å². The molecule has 2 heterocycles. The summed E-state index contributed by atoms with van der Waals surface area (Å²) in [5, 5.41) is 6.39. The first kappa shape index (κ1) is 13.7. The molecule has 2 aromatic rings. The fourth-order valence-electron chi connectivity index (χ4n) is 2.70. The van der Waals surface area contributed by atoms with Crippen LogP contribution in [0.4, 0.5) is 23.0 Å². The number of piperidine rings is 1. The molecule has 1 aromatic carbocycles. The van der Waals surface area contributed by atoms with Gasteiger partial charge in [0, 0.05) is 31.5 Å². The molecular formula is C17H22N4. The molecule has 1 aliphatic heterocycles. The molecular weight excluding hydrogens is 260 g/mol. The second-order valence-electron chi connectivity index (χ2n) is 5.38. The van der Waals surface area contributed by atoms with Gasteiger partial charge in [0.15, 0.2) is 0 Å². The van der Waals surface area contributed by atoms with Crippen LogP contribution < -0.4 is 15.5 Å². The topological polar surface area (TPSA) is 40.2 Å². The second-order valence-corrected chi connectivity index (χ2v) is 5.38. The predicted molar refractivity (Wildman–Crippen MR) is 89.6 cm³/mol. The van der Waals surface area contributed by atoms with Crippen molar-refractivity contribution in [1.29, 1.82) is 0 Å². The van der Waals surface area contributed by atoms with Crippen molar-refractivity contribution in [3.63, 3.8) is 0 Å². The minimum Gasteiger partial charge on any atom is -0.373 e. The average molecular weight is 282 g/mol. The van der Waals surface area contributed by atoms with Crippen molar-refractivity contribution >= 4 is 23.0 Å². The van der Waals surface area contributed by atoms with Crippen molar-refractivity contribution < 1.29 is 0 Å². The van der Waals surface area contributed by atoms with E-state index >= 15 is 0 Å². The summed E-state index contributed by atoms with van der Waals surface area (Å²) >= 11 is 0. The van der Waals surface area contributed by atoms with E-state index in [9.17, 15) is 0 Å². The van der Waals surface area contributed by atoms with Crippen LogP contribution in [0.5, 0.6) is 0 Å². The number of benzene rings is 1. The minimum absolute atomic E-state index is 0.854. The van der Waals surface area contributed by atoms with Crippen molar-refractivity contribution in [3.8, 4) is 0 Å². The number of aromatic nitrogens is 1. The highest BCUT2D eigenvalue weighted by molar-refractivity contribution is 5.61. The quantitative estimate of drug-likeness (QED) is 0.893. The van der Waals surface area contributed by atoms with Crippen LogP contribution in [0.3, 0.4) is 0 Å². The van der Waals surface area contributed by atoms with Crippen LogP contribution in [0.2, 0.25) is 0 Å². The first-order valence-corrected chi connectivity index (χ1v) is 7.62. The molecule has 1 saturated heterocycles. The zero-order chi connectivity index (χ0) is 14.5. The van der Waals surface area contributed by atoms with Gasteiger partial charge in [0.25, 0.3) is 0 Å². The van der Waals surface area contributed by atoms with Crippen molar-refractivity contribution in [2.45, 2.75) is 19.3 Å². The van der Waals surface area contributed by atoms with E-state index in [4.69, 9.17) is 0 Å². The molecule has 0 saturated carbocycles. The number of nitrogens with zero attached hydrogens (tertiary/aromatic N) is 2. The minimum atomic E-state index is 0.854. The van der Waals surface area contributed by atoms with Gasteiger partial charge in [0.2, 0.25) is 0 Å². The summed E-state index contributed by atoms with van der Waals surface area (Å²) in [6.45, 7) is 2.36.